The lowest BCUT2D eigenvalue weighted by Crippen LogP contribution is -2.30. The molecule has 0 saturated carbocycles. The van der Waals surface area contributed by atoms with Gasteiger partial charge in [0.25, 0.3) is 11.6 Å². The summed E-state index contributed by atoms with van der Waals surface area (Å²) in [6.45, 7) is 1.68. The Morgan fingerprint density at radius 1 is 1.29 bits per heavy atom. The van der Waals surface area contributed by atoms with Gasteiger partial charge in [0.05, 0.1) is 17.6 Å². The topological polar surface area (TPSA) is 83.8 Å². The van der Waals surface area contributed by atoms with E-state index in [0.29, 0.717) is 11.4 Å². The molecule has 0 unspecified atom stereocenters. The Kier molecular flexibility index (Phi) is 4.72. The number of piperidine rings is 1. The predicted octanol–water partition coefficient (Wildman–Crippen LogP) is 3.21. The Labute approximate surface area is 122 Å². The van der Waals surface area contributed by atoms with Gasteiger partial charge in [0.2, 0.25) is 5.39 Å². The molecule has 0 aromatic heterocycles. The van der Waals surface area contributed by atoms with Crippen LogP contribution in [0.1, 0.15) is 24.8 Å². The average Bonchev–Trinajstić information content (AvgIpc) is 2.53. The number of nitro groups is 1. The molecule has 7 heteroatoms. The molecule has 110 valence electrons. The fourth-order valence-electron chi connectivity index (χ4n) is 2.44. The molecule has 1 saturated heterocycles. The molecule has 0 spiro atoms. The molecular weight excluding hydrogens is 272 g/mol. The van der Waals surface area contributed by atoms with E-state index in [4.69, 9.17) is 4.74 Å². The van der Waals surface area contributed by atoms with E-state index in [9.17, 15) is 15.5 Å². The molecule has 0 bridgehead atoms. The largest absolute Gasteiger partial charge is 0.477 e. The Morgan fingerprint density at radius 3 is 2.38 bits per heavy atom. The fourth-order valence-corrected chi connectivity index (χ4v) is 2.44. The number of benzene rings is 1. The minimum Gasteiger partial charge on any atom is -0.477 e. The summed E-state index contributed by atoms with van der Waals surface area (Å²) in [6.07, 6.45) is 3.30. The number of nitro benzene ring substituents is 1. The van der Waals surface area contributed by atoms with Crippen molar-refractivity contribution in [1.29, 1.82) is 5.39 Å². The van der Waals surface area contributed by atoms with Gasteiger partial charge in [-0.15, -0.1) is 0 Å². The standard InChI is InChI=1S/C14H17N4O3/c1-21-14(17-9-3-2-4-10-17)13(16-15)11-5-7-12(8-6-11)18(19)20/h5-8H,2-4,9-10H2,1H3/q+1/b14-13+. The molecule has 1 aliphatic heterocycles. The van der Waals surface area contributed by atoms with Gasteiger partial charge in [-0.1, -0.05) is 0 Å². The summed E-state index contributed by atoms with van der Waals surface area (Å²) in [5.74, 6) is 0.492. The van der Waals surface area contributed by atoms with Crippen molar-refractivity contribution in [3.63, 3.8) is 0 Å². The molecule has 1 aromatic rings. The zero-order chi connectivity index (χ0) is 15.2. The van der Waals surface area contributed by atoms with Crippen LogP contribution in [0.25, 0.3) is 10.7 Å². The SMILES string of the molecule is CO/C(=C(/[N+]#N)c1ccc([N+](=O)[O-])cc1)N1CCCCC1. The lowest BCUT2D eigenvalue weighted by Gasteiger charge is -2.27. The highest BCUT2D eigenvalue weighted by atomic mass is 16.6. The second-order valence-corrected chi connectivity index (χ2v) is 4.81. The third-order valence-corrected chi connectivity index (χ3v) is 3.49. The zero-order valence-electron chi connectivity index (χ0n) is 11.9. The van der Waals surface area contributed by atoms with Gasteiger partial charge in [0, 0.05) is 25.2 Å². The molecule has 0 aliphatic carbocycles. The van der Waals surface area contributed by atoms with Gasteiger partial charge in [-0.2, -0.15) is 0 Å². The maximum atomic E-state index is 10.7. The van der Waals surface area contributed by atoms with Crippen molar-refractivity contribution in [1.82, 2.24) is 4.90 Å². The van der Waals surface area contributed by atoms with Crippen LogP contribution in [-0.2, 0) is 4.74 Å². The van der Waals surface area contributed by atoms with Gasteiger partial charge in [-0.3, -0.25) is 10.1 Å². The summed E-state index contributed by atoms with van der Waals surface area (Å²) < 4.78 is 5.39. The number of non-ortho nitro benzene ring substituents is 1. The molecule has 1 aliphatic rings. The van der Waals surface area contributed by atoms with E-state index in [1.165, 1.54) is 25.7 Å². The Balaban J connectivity index is 2.37. The Hall–Kier alpha value is -2.62. The maximum Gasteiger partial charge on any atom is 0.451 e. The fraction of sp³-hybridized carbons (Fsp3) is 0.429. The van der Waals surface area contributed by atoms with E-state index in [0.717, 1.165) is 25.9 Å². The summed E-state index contributed by atoms with van der Waals surface area (Å²) in [5, 5.41) is 20.0. The van der Waals surface area contributed by atoms with Crippen LogP contribution in [0, 0.1) is 15.5 Å². The van der Waals surface area contributed by atoms with Gasteiger partial charge in [-0.05, 0) is 31.4 Å². The smallest absolute Gasteiger partial charge is 0.451 e. The first-order chi connectivity index (χ1) is 10.2. The summed E-state index contributed by atoms with van der Waals surface area (Å²) in [5.41, 5.74) is 0.854. The van der Waals surface area contributed by atoms with Crippen LogP contribution < -0.4 is 0 Å². The first-order valence-electron chi connectivity index (χ1n) is 6.80. The Morgan fingerprint density at radius 2 is 1.90 bits per heavy atom. The van der Waals surface area contributed by atoms with Crippen LogP contribution in [0.2, 0.25) is 0 Å². The molecule has 0 amide bonds. The molecule has 1 aromatic carbocycles. The van der Waals surface area contributed by atoms with E-state index in [1.807, 2.05) is 4.90 Å². The molecule has 21 heavy (non-hydrogen) atoms. The van der Waals surface area contributed by atoms with Crippen LogP contribution in [0.15, 0.2) is 30.1 Å². The lowest BCUT2D eigenvalue weighted by molar-refractivity contribution is -0.384. The molecule has 7 nitrogen and oxygen atoms in total. The van der Waals surface area contributed by atoms with E-state index >= 15 is 0 Å². The van der Waals surface area contributed by atoms with Crippen LogP contribution >= 0.6 is 0 Å². The molecular formula is C14H17N4O3+. The normalized spacial score (nSPS) is 15.9. The highest BCUT2D eigenvalue weighted by Gasteiger charge is 2.29. The summed E-state index contributed by atoms with van der Waals surface area (Å²) in [6, 6.07) is 5.86. The highest BCUT2D eigenvalue weighted by Crippen LogP contribution is 2.27. The highest BCUT2D eigenvalue weighted by molar-refractivity contribution is 5.72. The number of methoxy groups -OCH3 is 1. The van der Waals surface area contributed by atoms with Crippen LogP contribution in [0.3, 0.4) is 0 Å². The molecule has 2 rings (SSSR count). The number of hydrogen-bond donors (Lipinski definition) is 0. The quantitative estimate of drug-likeness (QED) is 0.368. The van der Waals surface area contributed by atoms with Crippen molar-refractivity contribution in [3.05, 3.63) is 50.8 Å². The third kappa shape index (κ3) is 3.28. The van der Waals surface area contributed by atoms with Gasteiger partial charge < -0.3 is 9.64 Å². The van der Waals surface area contributed by atoms with E-state index in [2.05, 4.69) is 4.98 Å². The van der Waals surface area contributed by atoms with Crippen molar-refractivity contribution >= 4 is 11.4 Å². The second-order valence-electron chi connectivity index (χ2n) is 4.81. The molecule has 0 atom stereocenters. The minimum atomic E-state index is -0.467. The first-order valence-corrected chi connectivity index (χ1v) is 6.80. The van der Waals surface area contributed by atoms with Crippen molar-refractivity contribution in [2.45, 2.75) is 19.3 Å². The summed E-state index contributed by atoms with van der Waals surface area (Å²) in [7, 11) is 1.53. The molecule has 0 radical (unpaired) electrons. The van der Waals surface area contributed by atoms with Gasteiger partial charge in [0.1, 0.15) is 0 Å². The van der Waals surface area contributed by atoms with Crippen LogP contribution in [0.5, 0.6) is 0 Å². The van der Waals surface area contributed by atoms with E-state index in [-0.39, 0.29) is 11.4 Å². The predicted molar refractivity (Wildman–Crippen MR) is 77.5 cm³/mol. The maximum absolute atomic E-state index is 10.7. The molecule has 1 fully saturated rings. The van der Waals surface area contributed by atoms with Crippen molar-refractivity contribution in [2.24, 2.45) is 0 Å². The van der Waals surface area contributed by atoms with Crippen LogP contribution in [-0.4, -0.2) is 30.0 Å². The number of ether oxygens (including phenoxy) is 1. The zero-order valence-corrected chi connectivity index (χ0v) is 11.9. The average molecular weight is 289 g/mol. The summed E-state index contributed by atoms with van der Waals surface area (Å²) >= 11 is 0. The first kappa shape index (κ1) is 14.8. The number of diazo groups is 1. The van der Waals surface area contributed by atoms with Crippen molar-refractivity contribution in [2.75, 3.05) is 20.2 Å². The number of hydrogen-bond acceptors (Lipinski definition) is 5. The van der Waals surface area contributed by atoms with Crippen LogP contribution in [0.4, 0.5) is 5.69 Å². The number of nitrogens with zero attached hydrogens (tertiary/aromatic N) is 4. The monoisotopic (exact) mass is 289 g/mol. The third-order valence-electron chi connectivity index (χ3n) is 3.49. The van der Waals surface area contributed by atoms with Gasteiger partial charge in [0.15, 0.2) is 4.98 Å². The Bertz CT molecular complexity index is 583. The van der Waals surface area contributed by atoms with Gasteiger partial charge >= 0.3 is 5.70 Å². The molecule has 0 N–H and O–H groups in total. The van der Waals surface area contributed by atoms with Crippen molar-refractivity contribution in [3.8, 4) is 0 Å². The van der Waals surface area contributed by atoms with Crippen molar-refractivity contribution < 1.29 is 9.66 Å². The number of likely N-dealkylation sites (tertiary alicyclic amines) is 1. The minimum absolute atomic E-state index is 0.00650. The second kappa shape index (κ2) is 6.70. The van der Waals surface area contributed by atoms with E-state index in [1.54, 1.807) is 12.1 Å². The molecule has 1 heterocycles. The van der Waals surface area contributed by atoms with Gasteiger partial charge in [-0.25, -0.2) is 0 Å². The lowest BCUT2D eigenvalue weighted by atomic mass is 10.1. The van der Waals surface area contributed by atoms with E-state index < -0.39 is 4.92 Å². The summed E-state index contributed by atoms with van der Waals surface area (Å²) in [4.78, 5) is 15.6. The number of rotatable bonds is 4.